The minimum absolute atomic E-state index is 0.00440. The molecule has 0 spiro atoms. The predicted octanol–water partition coefficient (Wildman–Crippen LogP) is 9.45. The number of hydrogen-bond donors (Lipinski definition) is 1. The Labute approximate surface area is 324 Å². The summed E-state index contributed by atoms with van der Waals surface area (Å²) in [6.45, 7) is 12.2. The molecule has 2 aromatic rings. The first-order valence-corrected chi connectivity index (χ1v) is 20.8. The van der Waals surface area contributed by atoms with Crippen molar-refractivity contribution in [2.75, 3.05) is 0 Å². The zero-order chi connectivity index (χ0) is 39.0. The molecule has 10 atom stereocenters. The van der Waals surface area contributed by atoms with Crippen molar-refractivity contribution < 1.29 is 43.3 Å². The molecule has 0 aromatic heterocycles. The smallest absolute Gasteiger partial charge is 0.346 e. The van der Waals surface area contributed by atoms with Gasteiger partial charge in [-0.1, -0.05) is 66.0 Å². The van der Waals surface area contributed by atoms with Crippen molar-refractivity contribution in [3.8, 4) is 0 Å². The fraction of sp³-hybridized carbons (Fsp3) is 0.630. The lowest BCUT2D eigenvalue weighted by molar-refractivity contribution is -0.312. The molecule has 55 heavy (non-hydrogen) atoms. The number of aliphatic hydroxyl groups excluding tert-OH is 1. The normalized spacial score (nSPS) is 34.7. The van der Waals surface area contributed by atoms with Crippen molar-refractivity contribution in [1.82, 2.24) is 0 Å². The molecule has 10 unspecified atom stereocenters. The Balaban J connectivity index is 1.04. The first-order chi connectivity index (χ1) is 26.1. The van der Waals surface area contributed by atoms with E-state index in [0.29, 0.717) is 41.2 Å². The first kappa shape index (κ1) is 38.2. The summed E-state index contributed by atoms with van der Waals surface area (Å²) in [5, 5.41) is 11.6. The fourth-order valence-electron chi connectivity index (χ4n) is 12.7. The SMILES string of the molecule is CC(C)CCCC(C)C1CCC2C3CCC4CC(OC(=O)c5ccc6c(c5)C(=O)OC6=O)(OC(O)c5ccc6c(c5)C(=O)CC6=O)CCC4(C)C3CCC12C. The molecule has 0 bridgehead atoms. The van der Waals surface area contributed by atoms with Gasteiger partial charge in [0.2, 0.25) is 5.79 Å². The third kappa shape index (κ3) is 6.51. The molecule has 2 aromatic carbocycles. The van der Waals surface area contributed by atoms with Crippen LogP contribution < -0.4 is 0 Å². The van der Waals surface area contributed by atoms with Crippen LogP contribution in [0.1, 0.15) is 182 Å². The molecule has 6 aliphatic rings. The molecule has 294 valence electrons. The summed E-state index contributed by atoms with van der Waals surface area (Å²) in [7, 11) is 0. The highest BCUT2D eigenvalue weighted by Gasteiger charge is 2.63. The van der Waals surface area contributed by atoms with Gasteiger partial charge >= 0.3 is 17.9 Å². The number of Topliss-reactive ketones (excluding diaryl/α,β-unsaturated/α-hetero) is 2. The van der Waals surface area contributed by atoms with E-state index in [9.17, 15) is 29.1 Å². The second-order valence-electron chi connectivity index (χ2n) is 18.9. The largest absolute Gasteiger partial charge is 0.429 e. The van der Waals surface area contributed by atoms with Gasteiger partial charge in [0.1, 0.15) is 0 Å². The molecule has 1 aliphatic heterocycles. The summed E-state index contributed by atoms with van der Waals surface area (Å²) in [6.07, 6.45) is 10.9. The van der Waals surface area contributed by atoms with E-state index in [1.807, 2.05) is 0 Å². The summed E-state index contributed by atoms with van der Waals surface area (Å²) in [4.78, 5) is 63.3. The molecule has 5 aliphatic carbocycles. The van der Waals surface area contributed by atoms with Crippen LogP contribution in [0.5, 0.6) is 0 Å². The summed E-state index contributed by atoms with van der Waals surface area (Å²) >= 11 is 0. The maximum absolute atomic E-state index is 14.0. The van der Waals surface area contributed by atoms with Gasteiger partial charge in [0, 0.05) is 29.5 Å². The minimum Gasteiger partial charge on any atom is -0.429 e. The van der Waals surface area contributed by atoms with Gasteiger partial charge in [-0.2, -0.15) is 0 Å². The molecule has 0 saturated heterocycles. The monoisotopic (exact) mass is 752 g/mol. The third-order valence-corrected chi connectivity index (χ3v) is 15.6. The quantitative estimate of drug-likeness (QED) is 0.143. The first-order valence-electron chi connectivity index (χ1n) is 20.8. The Morgan fingerprint density at radius 1 is 0.800 bits per heavy atom. The zero-order valence-corrected chi connectivity index (χ0v) is 33.0. The van der Waals surface area contributed by atoms with Crippen LogP contribution in [0.4, 0.5) is 0 Å². The highest BCUT2D eigenvalue weighted by atomic mass is 16.8. The van der Waals surface area contributed by atoms with Crippen LogP contribution in [0, 0.1) is 52.3 Å². The van der Waals surface area contributed by atoms with Crippen molar-refractivity contribution in [3.05, 3.63) is 69.8 Å². The maximum atomic E-state index is 14.0. The summed E-state index contributed by atoms with van der Waals surface area (Å²) < 4.78 is 17.6. The minimum atomic E-state index is -1.54. The number of aliphatic hydroxyl groups is 1. The van der Waals surface area contributed by atoms with Gasteiger partial charge in [-0.15, -0.1) is 0 Å². The number of esters is 3. The van der Waals surface area contributed by atoms with Gasteiger partial charge in [0.15, 0.2) is 17.9 Å². The Bertz CT molecular complexity index is 1930. The summed E-state index contributed by atoms with van der Waals surface area (Å²) in [5.41, 5.74) is 1.44. The van der Waals surface area contributed by atoms with E-state index in [1.165, 1.54) is 69.2 Å². The van der Waals surface area contributed by atoms with Crippen LogP contribution in [0.2, 0.25) is 0 Å². The average Bonchev–Trinajstić information content (AvgIpc) is 3.76. The van der Waals surface area contributed by atoms with E-state index in [2.05, 4.69) is 34.6 Å². The highest BCUT2D eigenvalue weighted by molar-refractivity contribution is 6.24. The standard InChI is InChI=1S/C46H56O9/c1-25(2)7-6-8-26(3)35-15-16-36-32-14-11-29-24-46(20-19-44(29,4)37(32)17-18-45(35,36)5,54-40(49)27-9-12-30-33(21-27)39(48)23-38(30)47)55-41(50)28-10-13-31-34(22-28)43(52)53-42(31)51/h9-10,12-13,21-22,25-26,29,32,35-37,40,49H,6-8,11,14-20,23-24H2,1-5H3. The molecule has 8 rings (SSSR count). The lowest BCUT2D eigenvalue weighted by Gasteiger charge is -2.62. The number of fused-ring (bicyclic) bond motifs is 7. The van der Waals surface area contributed by atoms with Crippen LogP contribution in [-0.4, -0.2) is 40.4 Å². The molecule has 1 heterocycles. The second kappa shape index (κ2) is 14.0. The molecule has 4 fully saturated rings. The summed E-state index contributed by atoms with van der Waals surface area (Å²) in [6, 6.07) is 8.77. The zero-order valence-electron chi connectivity index (χ0n) is 33.0. The van der Waals surface area contributed by atoms with E-state index in [1.54, 1.807) is 12.1 Å². The van der Waals surface area contributed by atoms with Crippen molar-refractivity contribution >= 4 is 29.5 Å². The van der Waals surface area contributed by atoms with Crippen molar-refractivity contribution in [3.63, 3.8) is 0 Å². The average molecular weight is 753 g/mol. The van der Waals surface area contributed by atoms with Gasteiger partial charge in [-0.3, -0.25) is 9.59 Å². The van der Waals surface area contributed by atoms with Gasteiger partial charge in [0.05, 0.1) is 23.1 Å². The number of benzene rings is 2. The number of cyclic esters (lactones) is 2. The van der Waals surface area contributed by atoms with Gasteiger partial charge in [-0.25, -0.2) is 14.4 Å². The Morgan fingerprint density at radius 3 is 2.31 bits per heavy atom. The van der Waals surface area contributed by atoms with Crippen LogP contribution in [0.15, 0.2) is 36.4 Å². The van der Waals surface area contributed by atoms with Crippen LogP contribution in [0.25, 0.3) is 0 Å². The van der Waals surface area contributed by atoms with Crippen molar-refractivity contribution in [2.45, 2.75) is 130 Å². The molecular weight excluding hydrogens is 696 g/mol. The van der Waals surface area contributed by atoms with E-state index in [4.69, 9.17) is 14.2 Å². The molecule has 0 amide bonds. The van der Waals surface area contributed by atoms with Crippen LogP contribution in [0.3, 0.4) is 0 Å². The maximum Gasteiger partial charge on any atom is 0.346 e. The topological polar surface area (TPSA) is 133 Å². The third-order valence-electron chi connectivity index (χ3n) is 15.6. The molecule has 1 N–H and O–H groups in total. The number of hydrogen-bond acceptors (Lipinski definition) is 9. The second-order valence-corrected chi connectivity index (χ2v) is 18.9. The molecule has 9 nitrogen and oxygen atoms in total. The van der Waals surface area contributed by atoms with Gasteiger partial charge in [0.25, 0.3) is 0 Å². The Hall–Kier alpha value is -3.69. The molecule has 0 radical (unpaired) electrons. The van der Waals surface area contributed by atoms with Crippen molar-refractivity contribution in [2.24, 2.45) is 52.3 Å². The van der Waals surface area contributed by atoms with E-state index in [0.717, 1.165) is 42.9 Å². The van der Waals surface area contributed by atoms with E-state index >= 15 is 0 Å². The van der Waals surface area contributed by atoms with Gasteiger partial charge in [-0.05, 0) is 121 Å². The number of rotatable bonds is 10. The van der Waals surface area contributed by atoms with Gasteiger partial charge < -0.3 is 19.3 Å². The number of ether oxygens (including phenoxy) is 3. The number of carbonyl (C=O) groups is 5. The molecular formula is C46H56O9. The Morgan fingerprint density at radius 2 is 1.53 bits per heavy atom. The highest BCUT2D eigenvalue weighted by Crippen LogP contribution is 2.69. The lowest BCUT2D eigenvalue weighted by atomic mass is 9.44. The predicted molar refractivity (Wildman–Crippen MR) is 203 cm³/mol. The summed E-state index contributed by atoms with van der Waals surface area (Å²) in [5.74, 6) is 0.0139. The fourth-order valence-corrected chi connectivity index (χ4v) is 12.7. The molecule has 4 saturated carbocycles. The van der Waals surface area contributed by atoms with Crippen LogP contribution in [-0.2, 0) is 14.2 Å². The number of carbonyl (C=O) groups excluding carboxylic acids is 5. The van der Waals surface area contributed by atoms with E-state index in [-0.39, 0.29) is 51.6 Å². The lowest BCUT2D eigenvalue weighted by Crippen LogP contribution is -2.57. The number of ketones is 2. The Kier molecular flexibility index (Phi) is 9.76. The molecule has 9 heteroatoms. The van der Waals surface area contributed by atoms with E-state index < -0.39 is 30.0 Å². The van der Waals surface area contributed by atoms with Crippen LogP contribution >= 0.6 is 0 Å². The van der Waals surface area contributed by atoms with Crippen molar-refractivity contribution in [1.29, 1.82) is 0 Å².